The molecule has 0 fully saturated rings. The summed E-state index contributed by atoms with van der Waals surface area (Å²) in [6.07, 6.45) is 5.80. The molecule has 23 heavy (non-hydrogen) atoms. The standard InChI is InChI=1S/C12H11N9O2/c1-7(19-5-8(3-15-19)21(22)23)10-16-12-9-4-14-18(2)11(9)13-6-20(12)17-10/h3-7H,1-2H3/t7-/m0/s1. The van der Waals surface area contributed by atoms with Gasteiger partial charge in [0, 0.05) is 7.05 Å². The van der Waals surface area contributed by atoms with Crippen LogP contribution in [-0.4, -0.2) is 44.1 Å². The van der Waals surface area contributed by atoms with Gasteiger partial charge in [-0.3, -0.25) is 19.5 Å². The molecule has 0 N–H and O–H groups in total. The number of hydrogen-bond donors (Lipinski definition) is 0. The Balaban J connectivity index is 1.81. The zero-order valence-electron chi connectivity index (χ0n) is 12.2. The van der Waals surface area contributed by atoms with E-state index in [-0.39, 0.29) is 11.7 Å². The van der Waals surface area contributed by atoms with E-state index in [2.05, 4.69) is 25.3 Å². The number of fused-ring (bicyclic) bond motifs is 3. The van der Waals surface area contributed by atoms with Crippen molar-refractivity contribution in [1.82, 2.24) is 39.1 Å². The lowest BCUT2D eigenvalue weighted by Gasteiger charge is -2.05. The van der Waals surface area contributed by atoms with Crippen molar-refractivity contribution in [2.75, 3.05) is 0 Å². The van der Waals surface area contributed by atoms with Crippen LogP contribution >= 0.6 is 0 Å². The molecule has 0 saturated carbocycles. The third kappa shape index (κ3) is 1.93. The van der Waals surface area contributed by atoms with Gasteiger partial charge in [0.05, 0.1) is 16.5 Å². The first kappa shape index (κ1) is 13.3. The molecule has 0 bridgehead atoms. The monoisotopic (exact) mass is 313 g/mol. The molecule has 11 heteroatoms. The van der Waals surface area contributed by atoms with Crippen molar-refractivity contribution >= 4 is 22.4 Å². The summed E-state index contributed by atoms with van der Waals surface area (Å²) in [7, 11) is 1.80. The van der Waals surface area contributed by atoms with Crippen LogP contribution in [0.1, 0.15) is 18.8 Å². The van der Waals surface area contributed by atoms with Crippen LogP contribution in [0.15, 0.2) is 24.9 Å². The number of hydrogen-bond acceptors (Lipinski definition) is 7. The van der Waals surface area contributed by atoms with E-state index in [1.54, 1.807) is 28.8 Å². The minimum absolute atomic E-state index is 0.0723. The lowest BCUT2D eigenvalue weighted by molar-refractivity contribution is -0.385. The van der Waals surface area contributed by atoms with Gasteiger partial charge in [-0.05, 0) is 6.92 Å². The Bertz CT molecular complexity index is 1040. The SMILES string of the molecule is C[C@@H](c1nc2c3cnn(C)c3ncn2n1)n1cc([N+](=O)[O-])cn1. The second-order valence-corrected chi connectivity index (χ2v) is 5.10. The average molecular weight is 313 g/mol. The number of aryl methyl sites for hydroxylation is 1. The minimum atomic E-state index is -0.490. The van der Waals surface area contributed by atoms with Crippen molar-refractivity contribution in [2.45, 2.75) is 13.0 Å². The third-order valence-corrected chi connectivity index (χ3v) is 3.65. The van der Waals surface area contributed by atoms with Crippen LogP contribution in [0.4, 0.5) is 5.69 Å². The summed E-state index contributed by atoms with van der Waals surface area (Å²) in [5, 5.41) is 24.1. The highest BCUT2D eigenvalue weighted by Crippen LogP contribution is 2.20. The predicted octanol–water partition coefficient (Wildman–Crippen LogP) is 0.725. The average Bonchev–Trinajstić information content (AvgIpc) is 3.23. The second kappa shape index (κ2) is 4.56. The van der Waals surface area contributed by atoms with Crippen LogP contribution < -0.4 is 0 Å². The molecule has 1 atom stereocenters. The van der Waals surface area contributed by atoms with Gasteiger partial charge < -0.3 is 0 Å². The first-order valence-corrected chi connectivity index (χ1v) is 6.76. The fraction of sp³-hybridized carbons (Fsp3) is 0.250. The van der Waals surface area contributed by atoms with E-state index in [4.69, 9.17) is 0 Å². The summed E-state index contributed by atoms with van der Waals surface area (Å²) in [6, 6.07) is -0.352. The van der Waals surface area contributed by atoms with E-state index in [0.717, 1.165) is 5.39 Å². The molecule has 11 nitrogen and oxygen atoms in total. The van der Waals surface area contributed by atoms with Gasteiger partial charge in [-0.25, -0.2) is 14.5 Å². The molecule has 0 aliphatic heterocycles. The van der Waals surface area contributed by atoms with Crippen molar-refractivity contribution in [1.29, 1.82) is 0 Å². The smallest absolute Gasteiger partial charge is 0.258 e. The summed E-state index contributed by atoms with van der Waals surface area (Å²) in [6.45, 7) is 1.82. The Morgan fingerprint density at radius 3 is 2.83 bits per heavy atom. The Kier molecular flexibility index (Phi) is 2.64. The van der Waals surface area contributed by atoms with Crippen LogP contribution in [-0.2, 0) is 7.05 Å². The van der Waals surface area contributed by atoms with E-state index < -0.39 is 4.92 Å². The molecule has 0 aliphatic carbocycles. The maximum Gasteiger partial charge on any atom is 0.307 e. The molecule has 4 rings (SSSR count). The van der Waals surface area contributed by atoms with Gasteiger partial charge in [0.25, 0.3) is 0 Å². The number of aromatic nitrogens is 8. The maximum absolute atomic E-state index is 10.8. The zero-order valence-corrected chi connectivity index (χ0v) is 12.2. The second-order valence-electron chi connectivity index (χ2n) is 5.10. The Hall–Kier alpha value is -3.37. The molecular weight excluding hydrogens is 302 g/mol. The van der Waals surface area contributed by atoms with Gasteiger partial charge in [-0.1, -0.05) is 0 Å². The molecular formula is C12H11N9O2. The van der Waals surface area contributed by atoms with Gasteiger partial charge in [0.1, 0.15) is 24.8 Å². The van der Waals surface area contributed by atoms with Crippen molar-refractivity contribution in [3.8, 4) is 0 Å². The summed E-state index contributed by atoms with van der Waals surface area (Å²) >= 11 is 0. The summed E-state index contributed by atoms with van der Waals surface area (Å²) in [5.41, 5.74) is 1.27. The molecule has 0 aromatic carbocycles. The highest BCUT2D eigenvalue weighted by molar-refractivity contribution is 5.88. The van der Waals surface area contributed by atoms with E-state index in [0.29, 0.717) is 17.1 Å². The normalized spacial score (nSPS) is 13.0. The highest BCUT2D eigenvalue weighted by atomic mass is 16.6. The van der Waals surface area contributed by atoms with E-state index >= 15 is 0 Å². The largest absolute Gasteiger partial charge is 0.307 e. The summed E-state index contributed by atoms with van der Waals surface area (Å²) in [5.74, 6) is 0.487. The zero-order chi connectivity index (χ0) is 16.1. The van der Waals surface area contributed by atoms with Gasteiger partial charge in [-0.2, -0.15) is 10.2 Å². The van der Waals surface area contributed by atoms with E-state index in [9.17, 15) is 10.1 Å². The predicted molar refractivity (Wildman–Crippen MR) is 77.7 cm³/mol. The lowest BCUT2D eigenvalue weighted by atomic mass is 10.3. The Morgan fingerprint density at radius 1 is 1.26 bits per heavy atom. The molecule has 0 radical (unpaired) electrons. The number of nitro groups is 1. The fourth-order valence-electron chi connectivity index (χ4n) is 2.38. The minimum Gasteiger partial charge on any atom is -0.258 e. The Labute approximate surface area is 128 Å². The molecule has 4 heterocycles. The number of nitrogens with zero attached hydrogens (tertiary/aromatic N) is 9. The first-order chi connectivity index (χ1) is 11.0. The Morgan fingerprint density at radius 2 is 2.09 bits per heavy atom. The summed E-state index contributed by atoms with van der Waals surface area (Å²) in [4.78, 5) is 19.1. The first-order valence-electron chi connectivity index (χ1n) is 6.76. The van der Waals surface area contributed by atoms with Gasteiger partial charge in [0.15, 0.2) is 17.1 Å². The van der Waals surface area contributed by atoms with Crippen molar-refractivity contribution in [3.05, 3.63) is 40.9 Å². The van der Waals surface area contributed by atoms with Gasteiger partial charge >= 0.3 is 5.69 Å². The highest BCUT2D eigenvalue weighted by Gasteiger charge is 2.19. The van der Waals surface area contributed by atoms with Crippen LogP contribution in [0.5, 0.6) is 0 Å². The summed E-state index contributed by atoms with van der Waals surface area (Å²) < 4.78 is 4.68. The maximum atomic E-state index is 10.8. The molecule has 0 spiro atoms. The van der Waals surface area contributed by atoms with Crippen LogP contribution in [0.2, 0.25) is 0 Å². The fourth-order valence-corrected chi connectivity index (χ4v) is 2.38. The molecule has 4 aromatic heterocycles. The lowest BCUT2D eigenvalue weighted by Crippen LogP contribution is -2.09. The van der Waals surface area contributed by atoms with Crippen LogP contribution in [0.25, 0.3) is 16.7 Å². The van der Waals surface area contributed by atoms with E-state index in [1.165, 1.54) is 17.1 Å². The molecule has 0 amide bonds. The van der Waals surface area contributed by atoms with E-state index in [1.807, 2.05) is 6.92 Å². The van der Waals surface area contributed by atoms with Gasteiger partial charge in [-0.15, -0.1) is 5.10 Å². The van der Waals surface area contributed by atoms with Gasteiger partial charge in [0.2, 0.25) is 0 Å². The molecule has 116 valence electrons. The van der Waals surface area contributed by atoms with Crippen LogP contribution in [0.3, 0.4) is 0 Å². The van der Waals surface area contributed by atoms with Crippen LogP contribution in [0, 0.1) is 10.1 Å². The molecule has 0 aliphatic rings. The molecule has 4 aromatic rings. The number of rotatable bonds is 3. The third-order valence-electron chi connectivity index (χ3n) is 3.65. The molecule has 0 unspecified atom stereocenters. The quantitative estimate of drug-likeness (QED) is 0.403. The van der Waals surface area contributed by atoms with Crippen molar-refractivity contribution < 1.29 is 4.92 Å². The van der Waals surface area contributed by atoms with Crippen molar-refractivity contribution in [3.63, 3.8) is 0 Å². The molecule has 0 saturated heterocycles. The topological polar surface area (TPSA) is 122 Å². The van der Waals surface area contributed by atoms with Crippen molar-refractivity contribution in [2.24, 2.45) is 7.05 Å².